The lowest BCUT2D eigenvalue weighted by Crippen LogP contribution is -2.07. The van der Waals surface area contributed by atoms with E-state index in [0.29, 0.717) is 6.61 Å². The molecule has 0 heterocycles. The maximum atomic E-state index is 8.54. The Labute approximate surface area is 49.8 Å². The highest BCUT2D eigenvalue weighted by molar-refractivity contribution is 4.87. The van der Waals surface area contributed by atoms with Gasteiger partial charge in [-0.05, 0) is 13.8 Å². The van der Waals surface area contributed by atoms with Gasteiger partial charge in [0.05, 0.1) is 6.61 Å². The SMILES string of the molecule is C=C(C)COC(C)O. The molecule has 0 bridgehead atoms. The van der Waals surface area contributed by atoms with Crippen LogP contribution in [0, 0.1) is 0 Å². The van der Waals surface area contributed by atoms with Gasteiger partial charge in [-0.2, -0.15) is 0 Å². The lowest BCUT2D eigenvalue weighted by molar-refractivity contribution is -0.0762. The monoisotopic (exact) mass is 116 g/mol. The molecule has 0 amide bonds. The minimum absolute atomic E-state index is 0.442. The topological polar surface area (TPSA) is 29.5 Å². The number of hydrogen-bond donors (Lipinski definition) is 1. The molecular weight excluding hydrogens is 104 g/mol. The first-order valence-electron chi connectivity index (χ1n) is 2.57. The third-order valence-electron chi connectivity index (χ3n) is 0.571. The lowest BCUT2D eigenvalue weighted by atomic mass is 10.4. The first-order chi connectivity index (χ1) is 3.63. The van der Waals surface area contributed by atoms with Gasteiger partial charge in [-0.15, -0.1) is 0 Å². The van der Waals surface area contributed by atoms with E-state index in [-0.39, 0.29) is 0 Å². The van der Waals surface area contributed by atoms with Gasteiger partial charge in [0.1, 0.15) is 0 Å². The Kier molecular flexibility index (Phi) is 3.48. The fourth-order valence-corrected chi connectivity index (χ4v) is 0.263. The van der Waals surface area contributed by atoms with E-state index in [0.717, 1.165) is 5.57 Å². The second kappa shape index (κ2) is 3.64. The molecule has 2 heteroatoms. The average Bonchev–Trinajstić information content (AvgIpc) is 1.61. The van der Waals surface area contributed by atoms with Gasteiger partial charge in [0.15, 0.2) is 6.29 Å². The summed E-state index contributed by atoms with van der Waals surface area (Å²) in [4.78, 5) is 0. The summed E-state index contributed by atoms with van der Waals surface area (Å²) in [7, 11) is 0. The van der Waals surface area contributed by atoms with Crippen LogP contribution in [0.4, 0.5) is 0 Å². The minimum atomic E-state index is -0.674. The van der Waals surface area contributed by atoms with Crippen LogP contribution < -0.4 is 0 Å². The Hall–Kier alpha value is -0.340. The fraction of sp³-hybridized carbons (Fsp3) is 0.667. The van der Waals surface area contributed by atoms with Crippen molar-refractivity contribution in [2.45, 2.75) is 20.1 Å². The van der Waals surface area contributed by atoms with Crippen LogP contribution >= 0.6 is 0 Å². The Balaban J connectivity index is 3.05. The molecule has 1 unspecified atom stereocenters. The Morgan fingerprint density at radius 2 is 2.38 bits per heavy atom. The molecule has 0 saturated heterocycles. The highest BCUT2D eigenvalue weighted by Gasteiger charge is 1.91. The zero-order chi connectivity index (χ0) is 6.57. The van der Waals surface area contributed by atoms with Crippen molar-refractivity contribution in [3.05, 3.63) is 12.2 Å². The maximum absolute atomic E-state index is 8.54. The summed E-state index contributed by atoms with van der Waals surface area (Å²) in [5, 5.41) is 8.54. The molecule has 0 rings (SSSR count). The van der Waals surface area contributed by atoms with Crippen molar-refractivity contribution in [1.82, 2.24) is 0 Å². The second-order valence-corrected chi connectivity index (χ2v) is 1.87. The molecule has 0 spiro atoms. The Morgan fingerprint density at radius 3 is 2.50 bits per heavy atom. The predicted molar refractivity (Wildman–Crippen MR) is 32.4 cm³/mol. The van der Waals surface area contributed by atoms with E-state index in [2.05, 4.69) is 6.58 Å². The van der Waals surface area contributed by atoms with Gasteiger partial charge in [0, 0.05) is 0 Å². The number of aliphatic hydroxyl groups is 1. The molecule has 0 fully saturated rings. The van der Waals surface area contributed by atoms with Crippen LogP contribution in [-0.2, 0) is 4.74 Å². The van der Waals surface area contributed by atoms with E-state index >= 15 is 0 Å². The molecule has 8 heavy (non-hydrogen) atoms. The molecule has 0 radical (unpaired) electrons. The summed E-state index contributed by atoms with van der Waals surface area (Å²) in [5.74, 6) is 0. The third-order valence-corrected chi connectivity index (χ3v) is 0.571. The smallest absolute Gasteiger partial charge is 0.152 e. The second-order valence-electron chi connectivity index (χ2n) is 1.87. The number of aliphatic hydroxyl groups excluding tert-OH is 1. The van der Waals surface area contributed by atoms with Crippen LogP contribution in [0.3, 0.4) is 0 Å². The van der Waals surface area contributed by atoms with Crippen LogP contribution in [0.15, 0.2) is 12.2 Å². The average molecular weight is 116 g/mol. The van der Waals surface area contributed by atoms with E-state index in [1.54, 1.807) is 6.92 Å². The van der Waals surface area contributed by atoms with Crippen LogP contribution in [0.1, 0.15) is 13.8 Å². The lowest BCUT2D eigenvalue weighted by Gasteiger charge is -2.04. The molecule has 0 saturated carbocycles. The van der Waals surface area contributed by atoms with Crippen molar-refractivity contribution in [1.29, 1.82) is 0 Å². The van der Waals surface area contributed by atoms with Crippen LogP contribution in [0.25, 0.3) is 0 Å². The van der Waals surface area contributed by atoms with E-state index in [9.17, 15) is 0 Å². The van der Waals surface area contributed by atoms with E-state index in [1.807, 2.05) is 6.92 Å². The predicted octanol–water partition coefficient (Wildman–Crippen LogP) is 0.917. The standard InChI is InChI=1S/C6H12O2/c1-5(2)4-8-6(3)7/h6-7H,1,4H2,2-3H3. The fourth-order valence-electron chi connectivity index (χ4n) is 0.263. The van der Waals surface area contributed by atoms with Crippen molar-refractivity contribution < 1.29 is 9.84 Å². The minimum Gasteiger partial charge on any atom is -0.368 e. The first kappa shape index (κ1) is 7.66. The molecule has 2 nitrogen and oxygen atoms in total. The largest absolute Gasteiger partial charge is 0.368 e. The maximum Gasteiger partial charge on any atom is 0.152 e. The quantitative estimate of drug-likeness (QED) is 0.439. The number of hydrogen-bond acceptors (Lipinski definition) is 2. The van der Waals surface area contributed by atoms with Crippen molar-refractivity contribution in [2.24, 2.45) is 0 Å². The molecule has 0 aromatic carbocycles. The third kappa shape index (κ3) is 5.66. The van der Waals surface area contributed by atoms with Gasteiger partial charge in [-0.1, -0.05) is 12.2 Å². The molecule has 0 aliphatic heterocycles. The summed E-state index contributed by atoms with van der Waals surface area (Å²) in [5.41, 5.74) is 0.922. The zero-order valence-electron chi connectivity index (χ0n) is 5.35. The molecular formula is C6H12O2. The van der Waals surface area contributed by atoms with Crippen molar-refractivity contribution >= 4 is 0 Å². The number of ether oxygens (including phenoxy) is 1. The summed E-state index contributed by atoms with van der Waals surface area (Å²) < 4.78 is 4.76. The first-order valence-corrected chi connectivity index (χ1v) is 2.57. The summed E-state index contributed by atoms with van der Waals surface area (Å²) in [6.07, 6.45) is -0.674. The zero-order valence-corrected chi connectivity index (χ0v) is 5.35. The van der Waals surface area contributed by atoms with Gasteiger partial charge in [-0.3, -0.25) is 0 Å². The normalized spacial score (nSPS) is 13.4. The Bertz CT molecular complexity index is 76.6. The van der Waals surface area contributed by atoms with Gasteiger partial charge >= 0.3 is 0 Å². The molecule has 0 aliphatic carbocycles. The van der Waals surface area contributed by atoms with Crippen LogP contribution in [0.5, 0.6) is 0 Å². The van der Waals surface area contributed by atoms with Gasteiger partial charge in [0.25, 0.3) is 0 Å². The summed E-state index contributed by atoms with van der Waals surface area (Å²) >= 11 is 0. The molecule has 0 aromatic heterocycles. The molecule has 48 valence electrons. The highest BCUT2D eigenvalue weighted by atomic mass is 16.6. The van der Waals surface area contributed by atoms with Crippen molar-refractivity contribution in [3.8, 4) is 0 Å². The van der Waals surface area contributed by atoms with Crippen LogP contribution in [0.2, 0.25) is 0 Å². The number of rotatable bonds is 3. The molecule has 1 atom stereocenters. The molecule has 0 aromatic rings. The van der Waals surface area contributed by atoms with E-state index in [4.69, 9.17) is 9.84 Å². The highest BCUT2D eigenvalue weighted by Crippen LogP contribution is 1.90. The van der Waals surface area contributed by atoms with E-state index < -0.39 is 6.29 Å². The summed E-state index contributed by atoms with van der Waals surface area (Å²) in [6, 6.07) is 0. The Morgan fingerprint density at radius 1 is 1.88 bits per heavy atom. The molecule has 1 N–H and O–H groups in total. The van der Waals surface area contributed by atoms with Crippen molar-refractivity contribution in [3.63, 3.8) is 0 Å². The van der Waals surface area contributed by atoms with Gasteiger partial charge in [-0.25, -0.2) is 0 Å². The van der Waals surface area contributed by atoms with Gasteiger partial charge in [0.2, 0.25) is 0 Å². The molecule has 0 aliphatic rings. The van der Waals surface area contributed by atoms with Crippen LogP contribution in [-0.4, -0.2) is 18.0 Å². The van der Waals surface area contributed by atoms with E-state index in [1.165, 1.54) is 0 Å². The van der Waals surface area contributed by atoms with Gasteiger partial charge < -0.3 is 9.84 Å². The summed E-state index contributed by atoms with van der Waals surface area (Å²) in [6.45, 7) is 7.46. The van der Waals surface area contributed by atoms with Crippen molar-refractivity contribution in [2.75, 3.05) is 6.61 Å².